The van der Waals surface area contributed by atoms with Crippen LogP contribution in [-0.2, 0) is 5.54 Å². The molecule has 0 fully saturated rings. The van der Waals surface area contributed by atoms with E-state index in [2.05, 4.69) is 138 Å². The molecule has 9 rings (SSSR count). The van der Waals surface area contributed by atoms with Crippen molar-refractivity contribution >= 4 is 28.6 Å². The lowest BCUT2D eigenvalue weighted by Gasteiger charge is -2.30. The lowest BCUT2D eigenvalue weighted by Crippen LogP contribution is -2.38. The first-order valence-electron chi connectivity index (χ1n) is 16.5. The van der Waals surface area contributed by atoms with Crippen LogP contribution < -0.4 is 5.32 Å². The largest absolute Gasteiger partial charge is 0.508 e. The van der Waals surface area contributed by atoms with E-state index >= 15 is 0 Å². The van der Waals surface area contributed by atoms with E-state index in [1.807, 2.05) is 24.3 Å². The molecule has 0 aliphatic carbocycles. The van der Waals surface area contributed by atoms with Crippen molar-refractivity contribution in [1.29, 1.82) is 0 Å². The minimum atomic E-state index is -0.495. The predicted octanol–water partition coefficient (Wildman–Crippen LogP) is 9.38. The molecule has 3 N–H and O–H groups in total. The predicted molar refractivity (Wildman–Crippen MR) is 200 cm³/mol. The summed E-state index contributed by atoms with van der Waals surface area (Å²) in [5.41, 5.74) is 13.1. The summed E-state index contributed by atoms with van der Waals surface area (Å²) in [5.74, 6) is 0.216. The number of rotatable bonds is 4. The fraction of sp³-hybridized carbons (Fsp3) is 0.0455. The Morgan fingerprint density at radius 3 is 2.10 bits per heavy atom. The fourth-order valence-electron chi connectivity index (χ4n) is 7.21. The summed E-state index contributed by atoms with van der Waals surface area (Å²) in [6, 6.07) is 41.0. The molecule has 1 aromatic heterocycles. The topological polar surface area (TPSA) is 72.8 Å². The molecule has 5 heteroatoms. The van der Waals surface area contributed by atoms with Gasteiger partial charge in [0.15, 0.2) is 0 Å². The Bertz CT molecular complexity index is 2370. The SMILES string of the molecule is Oc1cccc(-c2cc3[nH]c2C(c2ccccc2)=C2C=CC(=N2)C(c2ccccc2)=C2C=CC(c4ccccc4)(CC4=NC(=C3)C=C4)N2)c1. The number of aromatic amines is 1. The number of hydrogen-bond acceptors (Lipinski definition) is 4. The van der Waals surface area contributed by atoms with Gasteiger partial charge in [-0.25, -0.2) is 4.99 Å². The quantitative estimate of drug-likeness (QED) is 0.185. The van der Waals surface area contributed by atoms with Crippen molar-refractivity contribution in [2.24, 2.45) is 9.98 Å². The summed E-state index contributed by atoms with van der Waals surface area (Å²) in [6.45, 7) is 0. The van der Waals surface area contributed by atoms with Crippen LogP contribution in [0.4, 0.5) is 0 Å². The van der Waals surface area contributed by atoms with Gasteiger partial charge in [0.25, 0.3) is 0 Å². The normalized spacial score (nSPS) is 19.2. The van der Waals surface area contributed by atoms with Crippen LogP contribution in [0.2, 0.25) is 0 Å². The van der Waals surface area contributed by atoms with Crippen molar-refractivity contribution in [1.82, 2.24) is 10.3 Å². The molecular formula is C44H32N4O. The molecule has 49 heavy (non-hydrogen) atoms. The van der Waals surface area contributed by atoms with Crippen LogP contribution in [0.5, 0.6) is 5.75 Å². The number of aliphatic imine (C=N–C) groups is 2. The van der Waals surface area contributed by atoms with E-state index in [4.69, 9.17) is 9.98 Å². The zero-order valence-electron chi connectivity index (χ0n) is 26.6. The van der Waals surface area contributed by atoms with Gasteiger partial charge in [-0.15, -0.1) is 0 Å². The minimum Gasteiger partial charge on any atom is -0.508 e. The number of aromatic nitrogens is 1. The second-order valence-corrected chi connectivity index (χ2v) is 12.7. The summed E-state index contributed by atoms with van der Waals surface area (Å²) < 4.78 is 0. The van der Waals surface area contributed by atoms with Gasteiger partial charge in [-0.3, -0.25) is 4.99 Å². The molecule has 4 aliphatic heterocycles. The maximum Gasteiger partial charge on any atom is 0.116 e. The smallest absolute Gasteiger partial charge is 0.116 e. The van der Waals surface area contributed by atoms with Gasteiger partial charge in [-0.05, 0) is 76.9 Å². The number of phenols is 1. The summed E-state index contributed by atoms with van der Waals surface area (Å²) >= 11 is 0. The van der Waals surface area contributed by atoms with E-state index in [-0.39, 0.29) is 5.75 Å². The molecule has 0 saturated carbocycles. The van der Waals surface area contributed by atoms with Crippen LogP contribution in [0.15, 0.2) is 185 Å². The monoisotopic (exact) mass is 632 g/mol. The Morgan fingerprint density at radius 2 is 1.35 bits per heavy atom. The number of phenolic OH excluding ortho intramolecular Hbond substituents is 1. The summed E-state index contributed by atoms with van der Waals surface area (Å²) in [6.07, 6.45) is 15.7. The highest BCUT2D eigenvalue weighted by atomic mass is 16.3. The van der Waals surface area contributed by atoms with Crippen molar-refractivity contribution in [2.75, 3.05) is 0 Å². The number of nitrogens with zero attached hydrogens (tertiary/aromatic N) is 2. The maximum atomic E-state index is 10.5. The van der Waals surface area contributed by atoms with E-state index in [0.29, 0.717) is 6.42 Å². The number of nitrogens with one attached hydrogen (secondary N) is 2. The molecule has 1 unspecified atom stereocenters. The van der Waals surface area contributed by atoms with Crippen molar-refractivity contribution in [3.8, 4) is 16.9 Å². The minimum absolute atomic E-state index is 0.216. The van der Waals surface area contributed by atoms with Crippen molar-refractivity contribution < 1.29 is 5.11 Å². The molecule has 4 aliphatic rings. The zero-order chi connectivity index (χ0) is 32.8. The molecule has 5 aromatic rings. The molecule has 0 saturated heterocycles. The van der Waals surface area contributed by atoms with Gasteiger partial charge in [0.1, 0.15) is 5.75 Å². The molecule has 0 amide bonds. The van der Waals surface area contributed by atoms with E-state index < -0.39 is 5.54 Å². The second kappa shape index (κ2) is 11.7. The first kappa shape index (κ1) is 28.7. The van der Waals surface area contributed by atoms with E-state index in [1.165, 1.54) is 5.56 Å². The Balaban J connectivity index is 1.34. The molecule has 5 nitrogen and oxygen atoms in total. The Hall–Kier alpha value is -6.46. The Labute approximate surface area is 285 Å². The van der Waals surface area contributed by atoms with Gasteiger partial charge in [-0.2, -0.15) is 0 Å². The van der Waals surface area contributed by atoms with Crippen LogP contribution in [0, 0.1) is 0 Å². The van der Waals surface area contributed by atoms with Crippen LogP contribution in [0.3, 0.4) is 0 Å². The third-order valence-corrected chi connectivity index (χ3v) is 9.46. The van der Waals surface area contributed by atoms with Gasteiger partial charge in [-0.1, -0.05) is 109 Å². The molecule has 0 spiro atoms. The third kappa shape index (κ3) is 5.22. The van der Waals surface area contributed by atoms with E-state index in [1.54, 1.807) is 12.1 Å². The van der Waals surface area contributed by atoms with Crippen LogP contribution in [0.1, 0.15) is 34.5 Å². The number of H-pyrrole nitrogens is 1. The molecule has 8 bridgehead atoms. The molecule has 5 heterocycles. The average Bonchev–Trinajstić information content (AvgIpc) is 3.96. The Morgan fingerprint density at radius 1 is 0.633 bits per heavy atom. The third-order valence-electron chi connectivity index (χ3n) is 9.46. The number of fused-ring (bicyclic) bond motifs is 6. The lowest BCUT2D eigenvalue weighted by atomic mass is 9.86. The number of benzene rings is 4. The number of aromatic hydroxyl groups is 1. The Kier molecular flexibility index (Phi) is 6.83. The van der Waals surface area contributed by atoms with Gasteiger partial charge in [0, 0.05) is 40.2 Å². The van der Waals surface area contributed by atoms with Gasteiger partial charge in [0.2, 0.25) is 0 Å². The van der Waals surface area contributed by atoms with Crippen LogP contribution in [-0.4, -0.2) is 21.5 Å². The molecule has 4 aromatic carbocycles. The lowest BCUT2D eigenvalue weighted by molar-refractivity contribution is 0.475. The molecular weight excluding hydrogens is 601 g/mol. The van der Waals surface area contributed by atoms with Gasteiger partial charge >= 0.3 is 0 Å². The van der Waals surface area contributed by atoms with Crippen molar-refractivity contribution in [3.05, 3.63) is 203 Å². The number of allylic oxidation sites excluding steroid dienone is 6. The van der Waals surface area contributed by atoms with E-state index in [0.717, 1.165) is 73.3 Å². The first-order valence-corrected chi connectivity index (χ1v) is 16.5. The van der Waals surface area contributed by atoms with Crippen LogP contribution >= 0.6 is 0 Å². The molecule has 1 atom stereocenters. The standard InChI is InChI=1S/C44H32N4O/c49-36-18-10-15-31(25-36)37-27-35-26-33-19-20-34(45-33)28-44(32-16-8-3-9-17-32)24-23-40(48-44)41(29-11-4-1-5-12-29)38-21-22-39(47-38)42(43(37)46-35)30-13-6-2-7-14-30/h1-27,46,48-49H,28H2. The zero-order valence-corrected chi connectivity index (χ0v) is 26.6. The highest BCUT2D eigenvalue weighted by Gasteiger charge is 2.37. The van der Waals surface area contributed by atoms with Gasteiger partial charge in [0.05, 0.1) is 28.3 Å². The summed E-state index contributed by atoms with van der Waals surface area (Å²) in [7, 11) is 0. The number of hydrogen-bond donors (Lipinski definition) is 3. The van der Waals surface area contributed by atoms with Crippen LogP contribution in [0.25, 0.3) is 28.3 Å². The second-order valence-electron chi connectivity index (χ2n) is 12.7. The maximum absolute atomic E-state index is 10.5. The van der Waals surface area contributed by atoms with E-state index in [9.17, 15) is 5.11 Å². The molecule has 234 valence electrons. The summed E-state index contributed by atoms with van der Waals surface area (Å²) in [4.78, 5) is 14.3. The molecule has 0 radical (unpaired) electrons. The van der Waals surface area contributed by atoms with Crippen molar-refractivity contribution in [2.45, 2.75) is 12.0 Å². The first-order chi connectivity index (χ1) is 24.1. The van der Waals surface area contributed by atoms with Gasteiger partial charge < -0.3 is 15.4 Å². The fourth-order valence-corrected chi connectivity index (χ4v) is 7.21. The highest BCUT2D eigenvalue weighted by Crippen LogP contribution is 2.41. The summed E-state index contributed by atoms with van der Waals surface area (Å²) in [5, 5.41) is 14.5. The van der Waals surface area contributed by atoms with Crippen molar-refractivity contribution in [3.63, 3.8) is 0 Å². The average molecular weight is 633 g/mol. The highest BCUT2D eigenvalue weighted by molar-refractivity contribution is 6.32.